The predicted octanol–water partition coefficient (Wildman–Crippen LogP) is 5.24. The topological polar surface area (TPSA) is 26.3 Å². The van der Waals surface area contributed by atoms with Crippen LogP contribution in [0.25, 0.3) is 0 Å². The highest BCUT2D eigenvalue weighted by Crippen LogP contribution is 2.57. The predicted molar refractivity (Wildman–Crippen MR) is 91.7 cm³/mol. The summed E-state index contributed by atoms with van der Waals surface area (Å²) in [7, 11) is 0. The number of carbonyl (C=O) groups is 1. The van der Waals surface area contributed by atoms with Crippen LogP contribution in [0.5, 0.6) is 5.75 Å². The Balaban J connectivity index is 0.000000847. The average Bonchev–Trinajstić information content (AvgIpc) is 2.83. The molecule has 0 bridgehead atoms. The molecule has 1 atom stereocenters. The van der Waals surface area contributed by atoms with E-state index in [0.29, 0.717) is 18.6 Å². The van der Waals surface area contributed by atoms with Crippen LogP contribution in [-0.4, -0.2) is 12.4 Å². The minimum Gasteiger partial charge on any atom is -0.494 e. The first kappa shape index (κ1) is 17.1. The highest BCUT2D eigenvalue weighted by atomic mass is 35.5. The number of alkyl halides is 1. The zero-order valence-electron chi connectivity index (χ0n) is 13.4. The van der Waals surface area contributed by atoms with Crippen LogP contribution in [0.4, 0.5) is 0 Å². The molecule has 3 rings (SSSR count). The summed E-state index contributed by atoms with van der Waals surface area (Å²) in [5.74, 6) is 1.31. The lowest BCUT2D eigenvalue weighted by atomic mass is 9.71. The molecule has 0 aromatic heterocycles. The maximum Gasteiger partial charge on any atom is 0.132 e. The summed E-state index contributed by atoms with van der Waals surface area (Å²) in [6.45, 7) is 8.84. The molecule has 22 heavy (non-hydrogen) atoms. The Morgan fingerprint density at radius 3 is 2.64 bits per heavy atom. The van der Waals surface area contributed by atoms with E-state index in [4.69, 9.17) is 16.3 Å². The second-order valence-corrected chi connectivity index (χ2v) is 6.59. The van der Waals surface area contributed by atoms with E-state index in [0.717, 1.165) is 38.0 Å². The third-order valence-electron chi connectivity index (χ3n) is 4.75. The third kappa shape index (κ3) is 3.22. The van der Waals surface area contributed by atoms with E-state index in [2.05, 4.69) is 32.2 Å². The molecule has 2 aliphatic carbocycles. The number of Topliss-reactive ketones (excluding diaryl/α,β-unsaturated/α-hetero) is 1. The molecule has 1 spiro atoms. The summed E-state index contributed by atoms with van der Waals surface area (Å²) < 4.78 is 5.71. The molecule has 2 aliphatic rings. The highest BCUT2D eigenvalue weighted by Gasteiger charge is 2.46. The average molecular weight is 321 g/mol. The molecule has 2 nitrogen and oxygen atoms in total. The molecular formula is C19H25ClO2. The van der Waals surface area contributed by atoms with Gasteiger partial charge in [-0.25, -0.2) is 0 Å². The quantitative estimate of drug-likeness (QED) is 0.562. The van der Waals surface area contributed by atoms with Gasteiger partial charge in [-0.15, -0.1) is 24.8 Å². The number of rotatable bonds is 3. The fraction of sp³-hybridized carbons (Fsp3) is 0.526. The van der Waals surface area contributed by atoms with Gasteiger partial charge < -0.3 is 4.74 Å². The lowest BCUT2D eigenvalue weighted by Crippen LogP contribution is -2.29. The van der Waals surface area contributed by atoms with E-state index >= 15 is 0 Å². The first-order chi connectivity index (χ1) is 10.6. The monoisotopic (exact) mass is 320 g/mol. The smallest absolute Gasteiger partial charge is 0.132 e. The lowest BCUT2D eigenvalue weighted by molar-refractivity contribution is -0.122. The molecule has 1 aromatic rings. The van der Waals surface area contributed by atoms with Crippen LogP contribution in [0.2, 0.25) is 0 Å². The number of hydrogen-bond donors (Lipinski definition) is 0. The Kier molecular flexibility index (Phi) is 5.69. The van der Waals surface area contributed by atoms with Crippen molar-refractivity contribution in [3.05, 3.63) is 42.5 Å². The second-order valence-electron chi connectivity index (χ2n) is 6.15. The van der Waals surface area contributed by atoms with Gasteiger partial charge >= 0.3 is 0 Å². The fourth-order valence-corrected chi connectivity index (χ4v) is 4.03. The van der Waals surface area contributed by atoms with Crippen molar-refractivity contribution in [1.29, 1.82) is 0 Å². The number of ether oxygens (including phenoxy) is 1. The summed E-state index contributed by atoms with van der Waals surface area (Å²) in [5, 5.41) is 0.0239. The van der Waals surface area contributed by atoms with Crippen molar-refractivity contribution >= 4 is 17.4 Å². The van der Waals surface area contributed by atoms with E-state index in [-0.39, 0.29) is 10.8 Å². The van der Waals surface area contributed by atoms with E-state index < -0.39 is 0 Å². The van der Waals surface area contributed by atoms with Gasteiger partial charge in [-0.1, -0.05) is 13.0 Å². The van der Waals surface area contributed by atoms with Crippen LogP contribution in [0.3, 0.4) is 0 Å². The number of ketones is 1. The molecule has 0 aliphatic heterocycles. The molecule has 120 valence electrons. The SMILES string of the molecule is C=C.CCCOc1ccc2c(c1)C(Cl)C1(CCC(=O)CC1)C2. The van der Waals surface area contributed by atoms with Crippen LogP contribution < -0.4 is 4.74 Å². The molecule has 1 unspecified atom stereocenters. The van der Waals surface area contributed by atoms with Crippen LogP contribution in [0.15, 0.2) is 31.4 Å². The molecule has 1 aromatic carbocycles. The maximum absolute atomic E-state index is 11.5. The number of benzene rings is 1. The summed E-state index contributed by atoms with van der Waals surface area (Å²) in [5.41, 5.74) is 2.65. The van der Waals surface area contributed by atoms with Gasteiger partial charge in [-0.2, -0.15) is 0 Å². The van der Waals surface area contributed by atoms with Crippen LogP contribution in [0, 0.1) is 5.41 Å². The van der Waals surface area contributed by atoms with Crippen molar-refractivity contribution in [2.75, 3.05) is 6.61 Å². The van der Waals surface area contributed by atoms with Crippen LogP contribution in [-0.2, 0) is 11.2 Å². The first-order valence-corrected chi connectivity index (χ1v) is 8.50. The normalized spacial score (nSPS) is 21.9. The summed E-state index contributed by atoms with van der Waals surface area (Å²) in [4.78, 5) is 11.5. The van der Waals surface area contributed by atoms with Crippen molar-refractivity contribution in [2.45, 2.75) is 50.8 Å². The van der Waals surface area contributed by atoms with Gasteiger partial charge in [0.2, 0.25) is 0 Å². The Hall–Kier alpha value is -1.28. The summed E-state index contributed by atoms with van der Waals surface area (Å²) >= 11 is 6.77. The molecule has 0 radical (unpaired) electrons. The lowest BCUT2D eigenvalue weighted by Gasteiger charge is -2.35. The number of halogens is 1. The number of fused-ring (bicyclic) bond motifs is 1. The maximum atomic E-state index is 11.5. The van der Waals surface area contributed by atoms with E-state index in [1.165, 1.54) is 11.1 Å². The Bertz CT molecular complexity index is 528. The molecule has 1 fully saturated rings. The van der Waals surface area contributed by atoms with Gasteiger partial charge in [0.1, 0.15) is 11.5 Å². The molecule has 1 saturated carbocycles. The molecule has 3 heteroatoms. The van der Waals surface area contributed by atoms with Gasteiger partial charge in [0, 0.05) is 12.8 Å². The van der Waals surface area contributed by atoms with Crippen LogP contribution in [0.1, 0.15) is 55.5 Å². The molecule has 0 heterocycles. The van der Waals surface area contributed by atoms with Crippen molar-refractivity contribution in [2.24, 2.45) is 5.41 Å². The standard InChI is InChI=1S/C17H21ClO2.C2H4/c1-2-9-20-14-4-3-12-11-17(16(18)15(12)10-14)7-5-13(19)6-8-17;1-2/h3-4,10,16H,2,5-9,11H2,1H3;1-2H2. The summed E-state index contributed by atoms with van der Waals surface area (Å²) in [6, 6.07) is 6.31. The minimum absolute atomic E-state index is 0.0239. The second kappa shape index (κ2) is 7.32. The number of carbonyl (C=O) groups excluding carboxylic acids is 1. The van der Waals surface area contributed by atoms with E-state index in [1.54, 1.807) is 0 Å². The first-order valence-electron chi connectivity index (χ1n) is 8.06. The molecular weight excluding hydrogens is 296 g/mol. The van der Waals surface area contributed by atoms with Gasteiger partial charge in [-0.05, 0) is 54.4 Å². The molecule has 0 amide bonds. The van der Waals surface area contributed by atoms with Crippen molar-refractivity contribution in [3.63, 3.8) is 0 Å². The van der Waals surface area contributed by atoms with Crippen LogP contribution >= 0.6 is 11.6 Å². The Morgan fingerprint density at radius 2 is 2.00 bits per heavy atom. The van der Waals surface area contributed by atoms with Crippen molar-refractivity contribution in [1.82, 2.24) is 0 Å². The minimum atomic E-state index is 0.0239. The summed E-state index contributed by atoms with van der Waals surface area (Å²) in [6.07, 6.45) is 5.26. The number of hydrogen-bond acceptors (Lipinski definition) is 2. The zero-order valence-corrected chi connectivity index (χ0v) is 14.1. The largest absolute Gasteiger partial charge is 0.494 e. The Morgan fingerprint density at radius 1 is 1.32 bits per heavy atom. The Labute approximate surface area is 138 Å². The fourth-order valence-electron chi connectivity index (χ4n) is 3.54. The molecule has 0 N–H and O–H groups in total. The van der Waals surface area contributed by atoms with Gasteiger partial charge in [-0.3, -0.25) is 4.79 Å². The van der Waals surface area contributed by atoms with Crippen molar-refractivity contribution in [3.8, 4) is 5.75 Å². The van der Waals surface area contributed by atoms with E-state index in [9.17, 15) is 4.79 Å². The van der Waals surface area contributed by atoms with Gasteiger partial charge in [0.05, 0.1) is 12.0 Å². The van der Waals surface area contributed by atoms with Gasteiger partial charge in [0.15, 0.2) is 0 Å². The third-order valence-corrected chi connectivity index (χ3v) is 5.44. The van der Waals surface area contributed by atoms with E-state index in [1.807, 2.05) is 6.07 Å². The van der Waals surface area contributed by atoms with Crippen molar-refractivity contribution < 1.29 is 9.53 Å². The zero-order chi connectivity index (χ0) is 16.2. The highest BCUT2D eigenvalue weighted by molar-refractivity contribution is 6.22. The molecule has 0 saturated heterocycles. The van der Waals surface area contributed by atoms with Gasteiger partial charge in [0.25, 0.3) is 0 Å².